The molecule has 1 aromatic carbocycles. The molecule has 0 amide bonds. The van der Waals surface area contributed by atoms with Gasteiger partial charge >= 0.3 is 0 Å². The second-order valence-corrected chi connectivity index (χ2v) is 4.81. The Kier molecular flexibility index (Phi) is 3.14. The Hall–Kier alpha value is -2.36. The lowest BCUT2D eigenvalue weighted by Gasteiger charge is -2.09. The number of fused-ring (bicyclic) bond motifs is 1. The lowest BCUT2D eigenvalue weighted by atomic mass is 10.0. The van der Waals surface area contributed by atoms with Crippen LogP contribution in [0.5, 0.6) is 5.75 Å². The van der Waals surface area contributed by atoms with Gasteiger partial charge in [-0.05, 0) is 48.2 Å². The van der Waals surface area contributed by atoms with Crippen LogP contribution in [-0.4, -0.2) is 20.1 Å². The van der Waals surface area contributed by atoms with E-state index in [1.165, 1.54) is 0 Å². The molecule has 2 aromatic heterocycles. The molecule has 0 aliphatic rings. The van der Waals surface area contributed by atoms with Crippen molar-refractivity contribution < 1.29 is 5.11 Å². The van der Waals surface area contributed by atoms with E-state index in [2.05, 4.69) is 15.0 Å². The van der Waals surface area contributed by atoms with Crippen molar-refractivity contribution in [2.24, 2.45) is 0 Å². The number of aromatic nitrogens is 3. The van der Waals surface area contributed by atoms with E-state index in [1.807, 2.05) is 38.1 Å². The van der Waals surface area contributed by atoms with E-state index in [9.17, 15) is 5.11 Å². The number of pyridine rings is 1. The van der Waals surface area contributed by atoms with Crippen LogP contribution in [-0.2, 0) is 12.8 Å². The molecule has 3 rings (SSSR count). The van der Waals surface area contributed by atoms with Gasteiger partial charge in [0.25, 0.3) is 0 Å². The number of aromatic amines is 1. The molecule has 0 radical (unpaired) electrons. The largest absolute Gasteiger partial charge is 0.507 e. The number of nitrogens with zero attached hydrogens (tertiary/aromatic N) is 2. The summed E-state index contributed by atoms with van der Waals surface area (Å²) in [5, 5.41) is 10.2. The van der Waals surface area contributed by atoms with Gasteiger partial charge in [-0.2, -0.15) is 0 Å². The van der Waals surface area contributed by atoms with Crippen LogP contribution in [0.15, 0.2) is 30.5 Å². The molecule has 4 heteroatoms. The number of rotatable bonds is 3. The number of hydrogen-bond donors (Lipinski definition) is 2. The average Bonchev–Trinajstić information content (AvgIpc) is 2.91. The van der Waals surface area contributed by atoms with E-state index in [0.29, 0.717) is 11.4 Å². The van der Waals surface area contributed by atoms with Crippen LogP contribution in [0.3, 0.4) is 0 Å². The molecule has 4 nitrogen and oxygen atoms in total. The molecule has 3 aromatic rings. The van der Waals surface area contributed by atoms with Crippen LogP contribution in [0.25, 0.3) is 22.6 Å². The van der Waals surface area contributed by atoms with E-state index in [-0.39, 0.29) is 0 Å². The number of H-pyrrole nitrogens is 1. The Morgan fingerprint density at radius 3 is 2.45 bits per heavy atom. The summed E-state index contributed by atoms with van der Waals surface area (Å²) in [5.74, 6) is 1.20. The predicted molar refractivity (Wildman–Crippen MR) is 79.7 cm³/mol. The minimum atomic E-state index is 0.410. The molecule has 0 unspecified atom stereocenters. The third-order valence-corrected chi connectivity index (χ3v) is 3.56. The summed E-state index contributed by atoms with van der Waals surface area (Å²) in [5.41, 5.74) is 4.54. The average molecular weight is 267 g/mol. The second kappa shape index (κ2) is 4.96. The number of benzene rings is 1. The summed E-state index contributed by atoms with van der Waals surface area (Å²) in [6.45, 7) is 4.08. The first-order valence-electron chi connectivity index (χ1n) is 6.88. The van der Waals surface area contributed by atoms with E-state index >= 15 is 0 Å². The standard InChI is InChI=1S/C16H17N3O/c1-3-10-8-12(9-11(4-2)14(10)20)15-18-13-6-5-7-17-16(13)19-15/h5-9,20H,3-4H2,1-2H3,(H,17,18,19). The molecule has 0 bridgehead atoms. The Morgan fingerprint density at radius 1 is 1.15 bits per heavy atom. The fourth-order valence-corrected chi connectivity index (χ4v) is 2.42. The molecule has 0 spiro atoms. The second-order valence-electron chi connectivity index (χ2n) is 4.81. The van der Waals surface area contributed by atoms with Gasteiger partial charge in [-0.15, -0.1) is 0 Å². The van der Waals surface area contributed by atoms with E-state index in [4.69, 9.17) is 0 Å². The molecule has 0 fully saturated rings. The fourth-order valence-electron chi connectivity index (χ4n) is 2.42. The van der Waals surface area contributed by atoms with Gasteiger partial charge in [0.2, 0.25) is 0 Å². The van der Waals surface area contributed by atoms with Crippen molar-refractivity contribution in [3.63, 3.8) is 0 Å². The monoisotopic (exact) mass is 267 g/mol. The molecule has 2 N–H and O–H groups in total. The molecule has 0 aliphatic carbocycles. The number of imidazole rings is 1. The lowest BCUT2D eigenvalue weighted by Crippen LogP contribution is -1.92. The SMILES string of the molecule is CCc1cc(-c2nc3ncccc3[nH]2)cc(CC)c1O. The Labute approximate surface area is 117 Å². The summed E-state index contributed by atoms with van der Waals surface area (Å²) in [4.78, 5) is 12.0. The zero-order chi connectivity index (χ0) is 14.1. The zero-order valence-electron chi connectivity index (χ0n) is 11.6. The van der Waals surface area contributed by atoms with Gasteiger partial charge in [0, 0.05) is 11.8 Å². The normalized spacial score (nSPS) is 11.1. The van der Waals surface area contributed by atoms with Crippen LogP contribution in [0.4, 0.5) is 0 Å². The number of hydrogen-bond acceptors (Lipinski definition) is 3. The summed E-state index contributed by atoms with van der Waals surface area (Å²) in [7, 11) is 0. The van der Waals surface area contributed by atoms with Crippen molar-refractivity contribution in [3.8, 4) is 17.1 Å². The molecule has 102 valence electrons. The van der Waals surface area contributed by atoms with Crippen LogP contribution in [0.1, 0.15) is 25.0 Å². The number of nitrogens with one attached hydrogen (secondary N) is 1. The highest BCUT2D eigenvalue weighted by atomic mass is 16.3. The molecule has 0 atom stereocenters. The third-order valence-electron chi connectivity index (χ3n) is 3.56. The van der Waals surface area contributed by atoms with E-state index < -0.39 is 0 Å². The van der Waals surface area contributed by atoms with Crippen molar-refractivity contribution in [2.75, 3.05) is 0 Å². The topological polar surface area (TPSA) is 61.8 Å². The van der Waals surface area contributed by atoms with Gasteiger partial charge in [0.15, 0.2) is 5.65 Å². The van der Waals surface area contributed by atoms with Crippen LogP contribution >= 0.6 is 0 Å². The number of aryl methyl sites for hydroxylation is 2. The maximum Gasteiger partial charge on any atom is 0.178 e. The number of phenols is 1. The molecule has 0 aliphatic heterocycles. The van der Waals surface area contributed by atoms with E-state index in [1.54, 1.807) is 6.20 Å². The molecular weight excluding hydrogens is 250 g/mol. The fraction of sp³-hybridized carbons (Fsp3) is 0.250. The molecular formula is C16H17N3O. The van der Waals surface area contributed by atoms with Gasteiger partial charge in [-0.1, -0.05) is 13.8 Å². The van der Waals surface area contributed by atoms with Crippen LogP contribution in [0.2, 0.25) is 0 Å². The summed E-state index contributed by atoms with van der Waals surface area (Å²) < 4.78 is 0. The zero-order valence-corrected chi connectivity index (χ0v) is 11.6. The van der Waals surface area contributed by atoms with Crippen LogP contribution in [0, 0.1) is 0 Å². The smallest absolute Gasteiger partial charge is 0.178 e. The minimum Gasteiger partial charge on any atom is -0.507 e. The Bertz CT molecular complexity index is 703. The highest BCUT2D eigenvalue weighted by Gasteiger charge is 2.11. The van der Waals surface area contributed by atoms with Crippen molar-refractivity contribution >= 4 is 11.2 Å². The lowest BCUT2D eigenvalue weighted by molar-refractivity contribution is 0.462. The molecule has 2 heterocycles. The first kappa shape index (κ1) is 12.7. The van der Waals surface area contributed by atoms with Crippen molar-refractivity contribution in [3.05, 3.63) is 41.6 Å². The molecule has 20 heavy (non-hydrogen) atoms. The van der Waals surface area contributed by atoms with E-state index in [0.717, 1.165) is 40.9 Å². The highest BCUT2D eigenvalue weighted by Crippen LogP contribution is 2.30. The van der Waals surface area contributed by atoms with Gasteiger partial charge in [-0.3, -0.25) is 0 Å². The highest BCUT2D eigenvalue weighted by molar-refractivity contribution is 5.76. The maximum atomic E-state index is 10.2. The van der Waals surface area contributed by atoms with Gasteiger partial charge < -0.3 is 10.1 Å². The first-order chi connectivity index (χ1) is 9.72. The van der Waals surface area contributed by atoms with Crippen molar-refractivity contribution in [1.29, 1.82) is 0 Å². The number of phenolic OH excluding ortho intramolecular Hbond substituents is 1. The van der Waals surface area contributed by atoms with Crippen LogP contribution < -0.4 is 0 Å². The number of aromatic hydroxyl groups is 1. The third kappa shape index (κ3) is 2.03. The molecule has 0 saturated heterocycles. The first-order valence-corrected chi connectivity index (χ1v) is 6.88. The summed E-state index contributed by atoms with van der Waals surface area (Å²) in [6.07, 6.45) is 3.33. The van der Waals surface area contributed by atoms with Crippen molar-refractivity contribution in [1.82, 2.24) is 15.0 Å². The predicted octanol–water partition coefficient (Wildman–Crippen LogP) is 3.46. The van der Waals surface area contributed by atoms with Gasteiger partial charge in [-0.25, -0.2) is 9.97 Å². The Balaban J connectivity index is 2.18. The quantitative estimate of drug-likeness (QED) is 0.764. The minimum absolute atomic E-state index is 0.410. The Morgan fingerprint density at radius 2 is 1.85 bits per heavy atom. The van der Waals surface area contributed by atoms with Crippen molar-refractivity contribution in [2.45, 2.75) is 26.7 Å². The van der Waals surface area contributed by atoms with Gasteiger partial charge in [0.1, 0.15) is 11.6 Å². The summed E-state index contributed by atoms with van der Waals surface area (Å²) in [6, 6.07) is 7.83. The molecule has 0 saturated carbocycles. The van der Waals surface area contributed by atoms with Gasteiger partial charge in [0.05, 0.1) is 5.52 Å². The summed E-state index contributed by atoms with van der Waals surface area (Å²) >= 11 is 0. The maximum absolute atomic E-state index is 10.2.